The third-order valence-corrected chi connectivity index (χ3v) is 10.2. The zero-order valence-corrected chi connectivity index (χ0v) is 36.2. The quantitative estimate of drug-likeness (QED) is 0.151. The second kappa shape index (κ2) is 21.2. The molecule has 3 heterocycles. The van der Waals surface area contributed by atoms with Gasteiger partial charge in [-0.25, -0.2) is 0 Å². The van der Waals surface area contributed by atoms with Crippen LogP contribution in [0.25, 0.3) is 21.7 Å². The highest BCUT2D eigenvalue weighted by atomic mass is 16.5. The number of nitrogens with zero attached hydrogens (tertiary/aromatic N) is 1. The highest BCUT2D eigenvalue weighted by molar-refractivity contribution is 6.09. The molecule has 2 aliphatic rings. The minimum atomic E-state index is 0.00188. The second-order valence-electron chi connectivity index (χ2n) is 16.2. The maximum Gasteiger partial charge on any atom is 0.169 e. The fourth-order valence-corrected chi connectivity index (χ4v) is 6.93. The molecule has 2 aliphatic heterocycles. The fourth-order valence-electron chi connectivity index (χ4n) is 6.93. The topological polar surface area (TPSA) is 112 Å². The minimum Gasteiger partial charge on any atom is -0.493 e. The van der Waals surface area contributed by atoms with Gasteiger partial charge < -0.3 is 14.8 Å². The summed E-state index contributed by atoms with van der Waals surface area (Å²) in [5, 5.41) is 6.42. The van der Waals surface area contributed by atoms with Crippen LogP contribution in [0.2, 0.25) is 0 Å². The Labute approximate surface area is 354 Å². The van der Waals surface area contributed by atoms with Gasteiger partial charge in [0.1, 0.15) is 12.4 Å². The lowest BCUT2D eigenvalue weighted by Gasteiger charge is -2.21. The number of aromatic nitrogens is 1. The summed E-state index contributed by atoms with van der Waals surface area (Å²) in [6, 6.07) is 35.0. The van der Waals surface area contributed by atoms with Gasteiger partial charge in [0.05, 0.1) is 28.9 Å². The van der Waals surface area contributed by atoms with Crippen LogP contribution in [0.5, 0.6) is 11.5 Å². The van der Waals surface area contributed by atoms with Crippen LogP contribution in [0.3, 0.4) is 0 Å². The van der Waals surface area contributed by atoms with Gasteiger partial charge in [-0.15, -0.1) is 0 Å². The van der Waals surface area contributed by atoms with E-state index in [-0.39, 0.29) is 46.8 Å². The zero-order chi connectivity index (χ0) is 43.3. The van der Waals surface area contributed by atoms with Crippen LogP contribution in [0.4, 0.5) is 5.69 Å². The summed E-state index contributed by atoms with van der Waals surface area (Å²) in [6.45, 7) is 17.5. The molecule has 0 fully saturated rings. The summed E-state index contributed by atoms with van der Waals surface area (Å²) in [5.41, 5.74) is 5.90. The monoisotopic (exact) mass is 806 g/mol. The van der Waals surface area contributed by atoms with Crippen molar-refractivity contribution in [3.8, 4) is 11.5 Å². The summed E-state index contributed by atoms with van der Waals surface area (Å²) >= 11 is 0. The van der Waals surface area contributed by atoms with Gasteiger partial charge in [0.2, 0.25) is 0 Å². The molecule has 5 aromatic carbocycles. The van der Waals surface area contributed by atoms with Crippen molar-refractivity contribution >= 4 is 50.5 Å². The molecule has 0 aliphatic carbocycles. The number of carbonyl (C=O) groups is 4. The van der Waals surface area contributed by atoms with Gasteiger partial charge >= 0.3 is 0 Å². The molecule has 60 heavy (non-hydrogen) atoms. The third kappa shape index (κ3) is 11.1. The number of rotatable bonds is 8. The number of ketones is 4. The zero-order valence-electron chi connectivity index (χ0n) is 36.2. The molecule has 0 saturated carbocycles. The van der Waals surface area contributed by atoms with Gasteiger partial charge in [0.15, 0.2) is 28.9 Å². The van der Waals surface area contributed by atoms with Gasteiger partial charge in [-0.3, -0.25) is 24.2 Å². The van der Waals surface area contributed by atoms with Gasteiger partial charge in [-0.2, -0.15) is 0 Å². The lowest BCUT2D eigenvalue weighted by atomic mass is 9.95. The SMILES string of the molecule is CC(C)C(=O)c1cccc2c1OCCC2.CC(C)C(=O)c1cccc2c1OCCN2.CC(C)C(=O)c1cccc2ccccc12.CC(C)C(=O)c1cccc2cccnc12. The molecule has 8 heteroatoms. The molecule has 0 atom stereocenters. The first kappa shape index (κ1) is 44.9. The molecule has 1 N–H and O–H groups in total. The molecule has 0 radical (unpaired) electrons. The van der Waals surface area contributed by atoms with Gasteiger partial charge in [-0.1, -0.05) is 134 Å². The summed E-state index contributed by atoms with van der Waals surface area (Å²) in [4.78, 5) is 52.0. The number of nitrogens with one attached hydrogen (secondary N) is 1. The van der Waals surface area contributed by atoms with Crippen LogP contribution in [-0.4, -0.2) is 47.9 Å². The van der Waals surface area contributed by atoms with Crippen LogP contribution < -0.4 is 14.8 Å². The maximum atomic E-state index is 12.0. The van der Waals surface area contributed by atoms with E-state index in [0.29, 0.717) is 17.9 Å². The number of pyridine rings is 1. The van der Waals surface area contributed by atoms with Crippen molar-refractivity contribution in [1.82, 2.24) is 4.98 Å². The second-order valence-corrected chi connectivity index (χ2v) is 16.2. The van der Waals surface area contributed by atoms with E-state index in [1.165, 1.54) is 5.56 Å². The molecule has 8 rings (SSSR count). The van der Waals surface area contributed by atoms with Gasteiger partial charge in [0.25, 0.3) is 0 Å². The molecular formula is C52H58N2O6. The molecule has 8 nitrogen and oxygen atoms in total. The lowest BCUT2D eigenvalue weighted by Crippen LogP contribution is -2.21. The smallest absolute Gasteiger partial charge is 0.169 e. The molecule has 6 aromatic rings. The summed E-state index contributed by atoms with van der Waals surface area (Å²) < 4.78 is 11.1. The number of fused-ring (bicyclic) bond motifs is 4. The summed E-state index contributed by atoms with van der Waals surface area (Å²) in [5.74, 6) is 2.30. The van der Waals surface area contributed by atoms with Crippen molar-refractivity contribution in [2.75, 3.05) is 25.1 Å². The van der Waals surface area contributed by atoms with Crippen LogP contribution in [0.15, 0.2) is 115 Å². The van der Waals surface area contributed by atoms with E-state index < -0.39 is 0 Å². The number of ether oxygens (including phenoxy) is 2. The number of Topliss-reactive ketones (excluding diaryl/α,β-unsaturated/α-hetero) is 4. The van der Waals surface area contributed by atoms with Crippen molar-refractivity contribution in [2.24, 2.45) is 23.7 Å². The van der Waals surface area contributed by atoms with Gasteiger partial charge in [-0.05, 0) is 59.5 Å². The Morgan fingerprint density at radius 3 is 1.70 bits per heavy atom. The molecule has 1 aromatic heterocycles. The van der Waals surface area contributed by atoms with E-state index >= 15 is 0 Å². The standard InChI is InChI=1S/C14H14O.C13H13NO.C13H16O2.C12H15NO2/c1-10(2)14(15)13-9-5-7-11-6-3-4-8-12(11)13;1-9(2)13(15)11-7-3-5-10-6-4-8-14-12(10)11;1-9(2)12(14)11-7-3-5-10-6-4-8-15-13(10)11;1-8(2)11(14)9-4-3-5-10-12(9)15-7-6-13-10/h3-10H,1-2H3;3-9H,1-2H3;3,5,7,9H,4,6,8H2,1-2H3;3-5,8,13H,6-7H2,1-2H3. The highest BCUT2D eigenvalue weighted by Crippen LogP contribution is 2.33. The van der Waals surface area contributed by atoms with Crippen LogP contribution in [-0.2, 0) is 6.42 Å². The number of para-hydroxylation sites is 3. The van der Waals surface area contributed by atoms with Crippen molar-refractivity contribution in [2.45, 2.75) is 68.2 Å². The van der Waals surface area contributed by atoms with E-state index in [1.54, 1.807) is 6.20 Å². The summed E-state index contributed by atoms with van der Waals surface area (Å²) in [6.07, 6.45) is 3.79. The Kier molecular flexibility index (Phi) is 15.9. The molecule has 312 valence electrons. The van der Waals surface area contributed by atoms with Crippen molar-refractivity contribution in [3.05, 3.63) is 143 Å². The first-order valence-corrected chi connectivity index (χ1v) is 21.0. The number of benzene rings is 5. The van der Waals surface area contributed by atoms with Crippen LogP contribution >= 0.6 is 0 Å². The predicted molar refractivity (Wildman–Crippen MR) is 243 cm³/mol. The van der Waals surface area contributed by atoms with Crippen molar-refractivity contribution in [1.29, 1.82) is 0 Å². The Hall–Kier alpha value is -6.15. The highest BCUT2D eigenvalue weighted by Gasteiger charge is 2.22. The predicted octanol–water partition coefficient (Wildman–Crippen LogP) is 11.9. The number of aryl methyl sites for hydroxylation is 1. The van der Waals surface area contributed by atoms with Crippen LogP contribution in [0, 0.1) is 23.7 Å². The van der Waals surface area contributed by atoms with E-state index in [9.17, 15) is 19.2 Å². The number of carbonyl (C=O) groups excluding carboxylic acids is 4. The molecule has 0 bridgehead atoms. The molecule has 0 saturated heterocycles. The Bertz CT molecular complexity index is 2270. The van der Waals surface area contributed by atoms with E-state index in [1.807, 2.05) is 165 Å². The molecule has 0 amide bonds. The third-order valence-electron chi connectivity index (χ3n) is 10.2. The molecular weight excluding hydrogens is 749 g/mol. The van der Waals surface area contributed by atoms with E-state index in [4.69, 9.17) is 9.47 Å². The average Bonchev–Trinajstić information content (AvgIpc) is 3.27. The van der Waals surface area contributed by atoms with Gasteiger partial charge in [0, 0.05) is 52.9 Å². The normalized spacial score (nSPS) is 12.6. The molecule has 0 unspecified atom stereocenters. The Morgan fingerprint density at radius 2 is 1.02 bits per heavy atom. The largest absolute Gasteiger partial charge is 0.493 e. The number of hydrogen-bond acceptors (Lipinski definition) is 8. The van der Waals surface area contributed by atoms with E-state index in [0.717, 1.165) is 75.8 Å². The minimum absolute atomic E-state index is 0.00188. The maximum absolute atomic E-state index is 12.0. The first-order chi connectivity index (χ1) is 28.8. The Balaban J connectivity index is 0.000000152. The average molecular weight is 807 g/mol. The first-order valence-electron chi connectivity index (χ1n) is 21.0. The van der Waals surface area contributed by atoms with Crippen molar-refractivity contribution < 1.29 is 28.7 Å². The lowest BCUT2D eigenvalue weighted by molar-refractivity contribution is 0.0927. The molecule has 0 spiro atoms. The number of anilines is 1. The van der Waals surface area contributed by atoms with Crippen LogP contribution in [0.1, 0.15) is 109 Å². The van der Waals surface area contributed by atoms with E-state index in [2.05, 4.69) is 10.3 Å². The van der Waals surface area contributed by atoms with Crippen molar-refractivity contribution in [3.63, 3.8) is 0 Å². The number of hydrogen-bond donors (Lipinski definition) is 1. The Morgan fingerprint density at radius 1 is 0.517 bits per heavy atom. The summed E-state index contributed by atoms with van der Waals surface area (Å²) in [7, 11) is 0. The fraction of sp³-hybridized carbons (Fsp3) is 0.327.